The number of aliphatic hydroxyl groups is 2. The molecule has 0 spiro atoms. The molecule has 1 saturated heterocycles. The van der Waals surface area contributed by atoms with E-state index >= 15 is 0 Å². The molecule has 2 aliphatic rings. The number of rotatable bonds is 6. The highest BCUT2D eigenvalue weighted by Gasteiger charge is 2.42. The van der Waals surface area contributed by atoms with Crippen molar-refractivity contribution in [3.8, 4) is 22.6 Å². The van der Waals surface area contributed by atoms with Gasteiger partial charge in [0.05, 0.1) is 32.6 Å². The van der Waals surface area contributed by atoms with Crippen molar-refractivity contribution in [3.63, 3.8) is 0 Å². The summed E-state index contributed by atoms with van der Waals surface area (Å²) in [6.45, 7) is 2.27. The predicted octanol–water partition coefficient (Wildman–Crippen LogP) is 3.31. The average molecular weight is 465 g/mol. The molecular formula is C25H28N4O5. The first-order chi connectivity index (χ1) is 16.5. The van der Waals surface area contributed by atoms with Crippen molar-refractivity contribution in [2.75, 3.05) is 19.6 Å². The number of hydrogen-bond donors (Lipinski definition) is 3. The van der Waals surface area contributed by atoms with Crippen molar-refractivity contribution < 1.29 is 24.4 Å². The molecule has 3 aromatic rings. The molecule has 34 heavy (non-hydrogen) atoms. The molecule has 0 bridgehead atoms. The lowest BCUT2D eigenvalue weighted by atomic mass is 10.0. The highest BCUT2D eigenvalue weighted by atomic mass is 16.6. The zero-order chi connectivity index (χ0) is 23.8. The van der Waals surface area contributed by atoms with Gasteiger partial charge < -0.3 is 29.0 Å². The number of anilines is 1. The topological polar surface area (TPSA) is 101 Å². The molecule has 2 aromatic carbocycles. The Hall–Kier alpha value is -3.53. The lowest BCUT2D eigenvalue weighted by Gasteiger charge is -2.27. The normalized spacial score (nSPS) is 23.6. The van der Waals surface area contributed by atoms with E-state index in [1.165, 1.54) is 0 Å². The first-order valence-corrected chi connectivity index (χ1v) is 11.1. The maximum Gasteiger partial charge on any atom is 0.164 e. The molecule has 5 rings (SSSR count). The second kappa shape index (κ2) is 9.02. The third-order valence-electron chi connectivity index (χ3n) is 6.25. The number of nitrogens with one attached hydrogen (secondary N) is 1. The number of hydrogen-bond acceptors (Lipinski definition) is 8. The van der Waals surface area contributed by atoms with Crippen LogP contribution in [0.15, 0.2) is 59.7 Å². The number of aliphatic hydroxyl groups excluding tert-OH is 2. The van der Waals surface area contributed by atoms with E-state index in [4.69, 9.17) is 19.2 Å². The fourth-order valence-electron chi connectivity index (χ4n) is 4.45. The van der Waals surface area contributed by atoms with Gasteiger partial charge in [-0.3, -0.25) is 10.4 Å². The molecule has 4 atom stereocenters. The molecule has 0 aliphatic carbocycles. The highest BCUT2D eigenvalue weighted by molar-refractivity contribution is 5.77. The second-order valence-corrected chi connectivity index (χ2v) is 8.39. The molecule has 0 unspecified atom stereocenters. The summed E-state index contributed by atoms with van der Waals surface area (Å²) < 4.78 is 18.4. The Morgan fingerprint density at radius 2 is 1.79 bits per heavy atom. The number of fused-ring (bicyclic) bond motifs is 1. The molecule has 3 heterocycles. The fraction of sp³-hybridized carbons (Fsp3) is 0.320. The minimum Gasteiger partial charge on any atom is -0.493 e. The number of ether oxygens (including phenoxy) is 3. The first kappa shape index (κ1) is 22.3. The van der Waals surface area contributed by atoms with Crippen molar-refractivity contribution in [2.45, 2.75) is 38.0 Å². The molecule has 9 heteroatoms. The summed E-state index contributed by atoms with van der Waals surface area (Å²) in [5, 5.41) is 22.7. The number of aromatic nitrogens is 1. The Balaban J connectivity index is 1.49. The van der Waals surface area contributed by atoms with Crippen LogP contribution in [0.3, 0.4) is 0 Å². The standard InChI is InChI=1S/C25H28N4O5/c1-15-22(30)23(31)25(34-15)29-13-18(16-7-5-4-6-8-16)19-12-28(14-26-24(19)29)27-17-9-10-20(32-2)21(11-17)33-3/h4-11,13-15,22-23,25,27,30-31H,12H2,1-3H3/t15-,22-,23-,25-/m1/s1. The average Bonchev–Trinajstić information content (AvgIpc) is 3.36. The van der Waals surface area contributed by atoms with Crippen LogP contribution < -0.4 is 14.9 Å². The van der Waals surface area contributed by atoms with Crippen LogP contribution >= 0.6 is 0 Å². The van der Waals surface area contributed by atoms with Crippen molar-refractivity contribution in [1.82, 2.24) is 9.58 Å². The van der Waals surface area contributed by atoms with E-state index in [9.17, 15) is 10.2 Å². The maximum absolute atomic E-state index is 10.6. The largest absolute Gasteiger partial charge is 0.493 e. The third kappa shape index (κ3) is 3.87. The molecule has 0 amide bonds. The minimum atomic E-state index is -1.05. The summed E-state index contributed by atoms with van der Waals surface area (Å²) >= 11 is 0. The minimum absolute atomic E-state index is 0.478. The Kier molecular flexibility index (Phi) is 5.91. The number of benzene rings is 2. The van der Waals surface area contributed by atoms with Gasteiger partial charge in [-0.2, -0.15) is 0 Å². The molecular weight excluding hydrogens is 436 g/mol. The Morgan fingerprint density at radius 3 is 2.47 bits per heavy atom. The van der Waals surface area contributed by atoms with Crippen molar-refractivity contribution in [2.24, 2.45) is 4.99 Å². The highest BCUT2D eigenvalue weighted by Crippen LogP contribution is 2.41. The van der Waals surface area contributed by atoms with Gasteiger partial charge in [0.25, 0.3) is 0 Å². The van der Waals surface area contributed by atoms with Crippen LogP contribution in [0, 0.1) is 0 Å². The van der Waals surface area contributed by atoms with Crippen molar-refractivity contribution in [1.29, 1.82) is 0 Å². The van der Waals surface area contributed by atoms with Crippen LogP contribution in [0.5, 0.6) is 11.5 Å². The van der Waals surface area contributed by atoms with Gasteiger partial charge in [-0.1, -0.05) is 30.3 Å². The summed E-state index contributed by atoms with van der Waals surface area (Å²) in [6.07, 6.45) is 0.432. The van der Waals surface area contributed by atoms with E-state index in [2.05, 4.69) is 5.43 Å². The van der Waals surface area contributed by atoms with Crippen LogP contribution in [0.2, 0.25) is 0 Å². The van der Waals surface area contributed by atoms with E-state index in [-0.39, 0.29) is 0 Å². The molecule has 1 fully saturated rings. The summed E-state index contributed by atoms with van der Waals surface area (Å²) in [6, 6.07) is 15.6. The monoisotopic (exact) mass is 464 g/mol. The van der Waals surface area contributed by atoms with Crippen molar-refractivity contribution in [3.05, 3.63) is 60.3 Å². The molecule has 1 aromatic heterocycles. The van der Waals surface area contributed by atoms with Gasteiger partial charge in [-0.05, 0) is 24.6 Å². The lowest BCUT2D eigenvalue weighted by molar-refractivity contribution is -0.0308. The number of methoxy groups -OCH3 is 2. The van der Waals surface area contributed by atoms with Gasteiger partial charge in [0.15, 0.2) is 17.7 Å². The number of aliphatic imine (C=N–C) groups is 1. The van der Waals surface area contributed by atoms with Gasteiger partial charge in [0.2, 0.25) is 0 Å². The van der Waals surface area contributed by atoms with Gasteiger partial charge in [-0.15, -0.1) is 0 Å². The van der Waals surface area contributed by atoms with Gasteiger partial charge in [0.1, 0.15) is 24.4 Å². The maximum atomic E-state index is 10.6. The second-order valence-electron chi connectivity index (χ2n) is 8.39. The lowest BCUT2D eigenvalue weighted by Crippen LogP contribution is -2.31. The van der Waals surface area contributed by atoms with E-state index in [0.29, 0.717) is 23.9 Å². The van der Waals surface area contributed by atoms with E-state index in [1.54, 1.807) is 27.5 Å². The van der Waals surface area contributed by atoms with E-state index in [1.807, 2.05) is 64.3 Å². The van der Waals surface area contributed by atoms with Crippen LogP contribution in [0.25, 0.3) is 11.1 Å². The molecule has 178 valence electrons. The Labute approximate surface area is 197 Å². The Morgan fingerprint density at radius 1 is 1.03 bits per heavy atom. The third-order valence-corrected chi connectivity index (χ3v) is 6.25. The molecule has 0 saturated carbocycles. The first-order valence-electron chi connectivity index (χ1n) is 11.1. The van der Waals surface area contributed by atoms with Crippen LogP contribution in [0.1, 0.15) is 18.7 Å². The van der Waals surface area contributed by atoms with Crippen LogP contribution in [0.4, 0.5) is 11.5 Å². The van der Waals surface area contributed by atoms with Crippen molar-refractivity contribution >= 4 is 17.8 Å². The Bertz CT molecular complexity index is 1200. The fourth-order valence-corrected chi connectivity index (χ4v) is 4.45. The molecule has 3 N–H and O–H groups in total. The number of hydrazine groups is 1. The number of nitrogens with zero attached hydrogens (tertiary/aromatic N) is 3. The summed E-state index contributed by atoms with van der Waals surface area (Å²) in [5.41, 5.74) is 7.16. The van der Waals surface area contributed by atoms with Crippen LogP contribution in [-0.2, 0) is 11.3 Å². The van der Waals surface area contributed by atoms with E-state index in [0.717, 1.165) is 22.4 Å². The van der Waals surface area contributed by atoms with Gasteiger partial charge in [0, 0.05) is 23.4 Å². The zero-order valence-electron chi connectivity index (χ0n) is 19.3. The predicted molar refractivity (Wildman–Crippen MR) is 128 cm³/mol. The van der Waals surface area contributed by atoms with Gasteiger partial charge in [-0.25, -0.2) is 4.99 Å². The molecule has 0 radical (unpaired) electrons. The van der Waals surface area contributed by atoms with E-state index < -0.39 is 24.5 Å². The van der Waals surface area contributed by atoms with Crippen LogP contribution in [-0.4, -0.2) is 58.7 Å². The summed E-state index contributed by atoms with van der Waals surface area (Å²) in [5.74, 6) is 1.96. The quantitative estimate of drug-likeness (QED) is 0.515. The SMILES string of the molecule is COc1ccc(NN2C=Nc3c(c(-c4ccccc4)cn3[C@@H]3O[C@H](C)[C@@H](O)[C@H]3O)C2)cc1OC. The summed E-state index contributed by atoms with van der Waals surface area (Å²) in [7, 11) is 3.20. The zero-order valence-corrected chi connectivity index (χ0v) is 19.3. The summed E-state index contributed by atoms with van der Waals surface area (Å²) in [4.78, 5) is 4.69. The smallest absolute Gasteiger partial charge is 0.164 e. The molecule has 2 aliphatic heterocycles. The molecule has 9 nitrogen and oxygen atoms in total. The van der Waals surface area contributed by atoms with Gasteiger partial charge >= 0.3 is 0 Å².